The second kappa shape index (κ2) is 7.61. The number of likely N-dealkylation sites (N-methyl/N-ethyl adjacent to an activating group) is 1. The number of carbonyl (C=O) groups is 1. The number of benzene rings is 2. The molecule has 0 fully saturated rings. The van der Waals surface area contributed by atoms with Crippen LogP contribution in [-0.4, -0.2) is 44.9 Å². The quantitative estimate of drug-likeness (QED) is 0.315. The van der Waals surface area contributed by atoms with E-state index in [9.17, 15) is 4.79 Å². The van der Waals surface area contributed by atoms with Gasteiger partial charge in [0.15, 0.2) is 0 Å². The van der Waals surface area contributed by atoms with E-state index < -0.39 is 6.16 Å². The molecule has 0 unspecified atom stereocenters. The lowest BCUT2D eigenvalue weighted by Crippen LogP contribution is -3.00. The van der Waals surface area contributed by atoms with Gasteiger partial charge in [0.2, 0.25) is 0 Å². The number of hydrogen-bond donors (Lipinski definition) is 0. The summed E-state index contributed by atoms with van der Waals surface area (Å²) in [6, 6.07) is 13.4. The Kier molecular flexibility index (Phi) is 6.42. The molecule has 2 aromatic carbocycles. The second-order valence-electron chi connectivity index (χ2n) is 5.69. The Morgan fingerprint density at radius 3 is 2.43 bits per heavy atom. The smallest absolute Gasteiger partial charge is 0.514 e. The third-order valence-corrected chi connectivity index (χ3v) is 2.92. The Hall–Kier alpha value is -1.34. The third-order valence-electron chi connectivity index (χ3n) is 2.92. The zero-order valence-corrected chi connectivity index (χ0v) is 14.7. The fraction of sp³-hybridized carbons (Fsp3) is 0.312. The van der Waals surface area contributed by atoms with Gasteiger partial charge in [-0.1, -0.05) is 36.4 Å². The van der Waals surface area contributed by atoms with Crippen molar-refractivity contribution in [2.45, 2.75) is 0 Å². The second-order valence-corrected chi connectivity index (χ2v) is 5.69. The normalized spacial score (nSPS) is 10.8. The van der Waals surface area contributed by atoms with Gasteiger partial charge < -0.3 is 37.9 Å². The number of quaternary nitrogens is 1. The Morgan fingerprint density at radius 1 is 1.05 bits per heavy atom. The van der Waals surface area contributed by atoms with E-state index in [0.717, 1.165) is 21.8 Å². The molecule has 0 amide bonds. The molecule has 21 heavy (non-hydrogen) atoms. The van der Waals surface area contributed by atoms with Crippen molar-refractivity contribution < 1.29 is 42.7 Å². The van der Waals surface area contributed by atoms with E-state index in [1.165, 1.54) is 0 Å². The zero-order valence-electron chi connectivity index (χ0n) is 12.5. The van der Waals surface area contributed by atoms with E-state index in [-0.39, 0.29) is 24.0 Å². The molecule has 0 spiro atoms. The summed E-state index contributed by atoms with van der Waals surface area (Å²) in [4.78, 5) is 11.7. The number of nitrogens with zero attached hydrogens (tertiary/aromatic N) is 1. The first kappa shape index (κ1) is 17.7. The van der Waals surface area contributed by atoms with Crippen LogP contribution in [0.15, 0.2) is 42.5 Å². The van der Waals surface area contributed by atoms with Crippen molar-refractivity contribution in [3.63, 3.8) is 0 Å². The highest BCUT2D eigenvalue weighted by molar-refractivity contribution is 5.89. The minimum absolute atomic E-state index is 0. The van der Waals surface area contributed by atoms with Gasteiger partial charge in [-0.2, -0.15) is 0 Å². The van der Waals surface area contributed by atoms with Crippen LogP contribution < -0.4 is 28.7 Å². The fourth-order valence-electron chi connectivity index (χ4n) is 1.81. The zero-order chi connectivity index (χ0) is 14.6. The van der Waals surface area contributed by atoms with Crippen molar-refractivity contribution in [1.29, 1.82) is 0 Å². The fourth-order valence-corrected chi connectivity index (χ4v) is 1.81. The van der Waals surface area contributed by atoms with Gasteiger partial charge in [-0.15, -0.1) is 0 Å². The van der Waals surface area contributed by atoms with Crippen LogP contribution in [0.5, 0.6) is 5.75 Å². The van der Waals surface area contributed by atoms with Gasteiger partial charge in [0.05, 0.1) is 21.1 Å². The molecule has 0 bridgehead atoms. The Balaban J connectivity index is 0.00000220. The SMILES string of the molecule is C[N+](C)(C)CCOC(=O)Oc1cccc2ccccc12.[I-]. The molecular weight excluding hydrogens is 381 g/mol. The molecule has 0 aliphatic carbocycles. The maximum atomic E-state index is 11.7. The molecule has 0 atom stereocenters. The van der Waals surface area contributed by atoms with Crippen LogP contribution >= 0.6 is 0 Å². The first-order valence-electron chi connectivity index (χ1n) is 6.58. The van der Waals surface area contributed by atoms with Crippen molar-refractivity contribution in [1.82, 2.24) is 0 Å². The summed E-state index contributed by atoms with van der Waals surface area (Å²) in [5.74, 6) is 0.526. The predicted molar refractivity (Wildman–Crippen MR) is 78.8 cm³/mol. The van der Waals surface area contributed by atoms with Gasteiger partial charge in [0.1, 0.15) is 18.9 Å². The van der Waals surface area contributed by atoms with E-state index in [0.29, 0.717) is 12.4 Å². The molecule has 2 aromatic rings. The number of rotatable bonds is 4. The molecule has 5 heteroatoms. The summed E-state index contributed by atoms with van der Waals surface area (Å²) in [7, 11) is 6.12. The summed E-state index contributed by atoms with van der Waals surface area (Å²) in [6.07, 6.45) is -0.658. The van der Waals surface area contributed by atoms with Crippen LogP contribution in [-0.2, 0) is 4.74 Å². The molecular formula is C16H20INO3. The molecule has 0 N–H and O–H groups in total. The first-order chi connectivity index (χ1) is 9.46. The van der Waals surface area contributed by atoms with Gasteiger partial charge in [-0.25, -0.2) is 4.79 Å². The van der Waals surface area contributed by atoms with E-state index in [1.807, 2.05) is 57.5 Å². The third kappa shape index (κ3) is 5.51. The van der Waals surface area contributed by atoms with Crippen molar-refractivity contribution in [3.8, 4) is 5.75 Å². The largest absolute Gasteiger partial charge is 1.00 e. The summed E-state index contributed by atoms with van der Waals surface area (Å²) in [5.41, 5.74) is 0. The average molecular weight is 401 g/mol. The lowest BCUT2D eigenvalue weighted by molar-refractivity contribution is -0.870. The van der Waals surface area contributed by atoms with Gasteiger partial charge >= 0.3 is 6.16 Å². The summed E-state index contributed by atoms with van der Waals surface area (Å²) >= 11 is 0. The van der Waals surface area contributed by atoms with Crippen molar-refractivity contribution in [3.05, 3.63) is 42.5 Å². The highest BCUT2D eigenvalue weighted by Gasteiger charge is 2.12. The van der Waals surface area contributed by atoms with Gasteiger partial charge in [-0.3, -0.25) is 0 Å². The van der Waals surface area contributed by atoms with Gasteiger partial charge in [0, 0.05) is 5.39 Å². The van der Waals surface area contributed by atoms with Crippen LogP contribution in [0, 0.1) is 0 Å². The van der Waals surface area contributed by atoms with E-state index in [4.69, 9.17) is 9.47 Å². The molecule has 0 aromatic heterocycles. The van der Waals surface area contributed by atoms with Crippen molar-refractivity contribution in [2.24, 2.45) is 0 Å². The van der Waals surface area contributed by atoms with Gasteiger partial charge in [0.25, 0.3) is 0 Å². The number of hydrogen-bond acceptors (Lipinski definition) is 3. The molecule has 0 saturated carbocycles. The molecule has 114 valence electrons. The Labute approximate surface area is 142 Å². The number of ether oxygens (including phenoxy) is 2. The molecule has 0 radical (unpaired) electrons. The topological polar surface area (TPSA) is 35.5 Å². The van der Waals surface area contributed by atoms with Crippen molar-refractivity contribution >= 4 is 16.9 Å². The molecule has 0 saturated heterocycles. The Bertz CT molecular complexity index is 602. The highest BCUT2D eigenvalue weighted by atomic mass is 127. The van der Waals surface area contributed by atoms with Crippen LogP contribution in [0.4, 0.5) is 4.79 Å². The minimum Gasteiger partial charge on any atom is -1.00 e. The minimum atomic E-state index is -0.658. The molecule has 2 rings (SSSR count). The maximum absolute atomic E-state index is 11.7. The summed E-state index contributed by atoms with van der Waals surface area (Å²) < 4.78 is 11.1. The maximum Gasteiger partial charge on any atom is 0.514 e. The average Bonchev–Trinajstić information content (AvgIpc) is 2.37. The van der Waals surface area contributed by atoms with Gasteiger partial charge in [-0.05, 0) is 11.5 Å². The van der Waals surface area contributed by atoms with E-state index >= 15 is 0 Å². The number of fused-ring (bicyclic) bond motifs is 1. The van der Waals surface area contributed by atoms with Crippen molar-refractivity contribution in [2.75, 3.05) is 34.3 Å². The highest BCUT2D eigenvalue weighted by Crippen LogP contribution is 2.25. The van der Waals surface area contributed by atoms with Crippen LogP contribution in [0.25, 0.3) is 10.8 Å². The lowest BCUT2D eigenvalue weighted by atomic mass is 10.1. The van der Waals surface area contributed by atoms with Crippen LogP contribution in [0.2, 0.25) is 0 Å². The first-order valence-corrected chi connectivity index (χ1v) is 6.58. The lowest BCUT2D eigenvalue weighted by Gasteiger charge is -2.23. The summed E-state index contributed by atoms with van der Waals surface area (Å²) in [6.45, 7) is 1.08. The molecule has 0 aliphatic rings. The van der Waals surface area contributed by atoms with E-state index in [2.05, 4.69) is 0 Å². The predicted octanol–water partition coefficient (Wildman–Crippen LogP) is 0.0654. The van der Waals surface area contributed by atoms with E-state index in [1.54, 1.807) is 6.07 Å². The number of halogens is 1. The molecule has 0 aliphatic heterocycles. The summed E-state index contributed by atoms with van der Waals surface area (Å²) in [5, 5.41) is 1.93. The number of carbonyl (C=O) groups excluding carboxylic acids is 1. The molecule has 4 nitrogen and oxygen atoms in total. The van der Waals surface area contributed by atoms with Crippen LogP contribution in [0.1, 0.15) is 0 Å². The monoisotopic (exact) mass is 401 g/mol. The van der Waals surface area contributed by atoms with Crippen LogP contribution in [0.3, 0.4) is 0 Å². The molecule has 0 heterocycles. The standard InChI is InChI=1S/C16H20NO3.HI/c1-17(2,3)11-12-19-16(18)20-15-10-6-8-13-7-4-5-9-14(13)15;/h4-10H,11-12H2,1-3H3;1H/q+1;/p-1. The Morgan fingerprint density at radius 2 is 1.71 bits per heavy atom.